The molecule has 0 radical (unpaired) electrons. The predicted molar refractivity (Wildman–Crippen MR) is 80.7 cm³/mol. The molecule has 1 N–H and O–H groups in total. The molecule has 0 aliphatic rings. The second kappa shape index (κ2) is 8.16. The van der Waals surface area contributed by atoms with Crippen molar-refractivity contribution in [3.8, 4) is 5.88 Å². The number of hydrogen-bond donors (Lipinski definition) is 1. The van der Waals surface area contributed by atoms with Gasteiger partial charge in [0.15, 0.2) is 0 Å². The molecule has 1 aromatic heterocycles. The summed E-state index contributed by atoms with van der Waals surface area (Å²) in [5.41, 5.74) is 3.47. The summed E-state index contributed by atoms with van der Waals surface area (Å²) in [6, 6.07) is 2.12. The van der Waals surface area contributed by atoms with Crippen molar-refractivity contribution in [2.45, 2.75) is 54.0 Å². The fraction of sp³-hybridized carbons (Fsp3) is 0.688. The molecule has 0 aliphatic heterocycles. The van der Waals surface area contributed by atoms with Crippen LogP contribution in [0.2, 0.25) is 0 Å². The summed E-state index contributed by atoms with van der Waals surface area (Å²) in [6.07, 6.45) is 2.41. The minimum atomic E-state index is 0.583. The monoisotopic (exact) mass is 264 g/mol. The Hall–Kier alpha value is -1.09. The molecule has 108 valence electrons. The molecule has 0 aromatic carbocycles. The Bertz CT molecular complexity index is 391. The van der Waals surface area contributed by atoms with Crippen LogP contribution in [0.15, 0.2) is 6.07 Å². The number of rotatable bonds is 8. The van der Waals surface area contributed by atoms with Gasteiger partial charge in [0.2, 0.25) is 5.88 Å². The molecule has 19 heavy (non-hydrogen) atoms. The lowest BCUT2D eigenvalue weighted by Gasteiger charge is -2.16. The fourth-order valence-electron chi connectivity index (χ4n) is 2.21. The van der Waals surface area contributed by atoms with Gasteiger partial charge in [-0.3, -0.25) is 0 Å². The Morgan fingerprint density at radius 2 is 2.05 bits per heavy atom. The Morgan fingerprint density at radius 3 is 2.68 bits per heavy atom. The molecule has 1 rings (SSSR count). The van der Waals surface area contributed by atoms with Gasteiger partial charge in [-0.15, -0.1) is 0 Å². The van der Waals surface area contributed by atoms with Gasteiger partial charge < -0.3 is 10.1 Å². The molecule has 0 fully saturated rings. The summed E-state index contributed by atoms with van der Waals surface area (Å²) in [5, 5.41) is 3.36. The highest BCUT2D eigenvalue weighted by Gasteiger charge is 2.11. The molecule has 3 heteroatoms. The molecule has 1 heterocycles. The van der Waals surface area contributed by atoms with Gasteiger partial charge in [0.1, 0.15) is 0 Å². The minimum absolute atomic E-state index is 0.583. The van der Waals surface area contributed by atoms with E-state index in [9.17, 15) is 0 Å². The Labute approximate surface area is 117 Å². The number of aromatic nitrogens is 1. The highest BCUT2D eigenvalue weighted by Crippen LogP contribution is 2.22. The van der Waals surface area contributed by atoms with E-state index < -0.39 is 0 Å². The third kappa shape index (κ3) is 5.19. The van der Waals surface area contributed by atoms with Crippen molar-refractivity contribution in [2.75, 3.05) is 13.2 Å². The summed E-state index contributed by atoms with van der Waals surface area (Å²) in [7, 11) is 0. The first kappa shape index (κ1) is 16.0. The molecular weight excluding hydrogens is 236 g/mol. The van der Waals surface area contributed by atoms with E-state index in [4.69, 9.17) is 4.74 Å². The Morgan fingerprint density at radius 1 is 1.32 bits per heavy atom. The molecule has 0 bridgehead atoms. The molecular formula is C16H28N2O. The van der Waals surface area contributed by atoms with Crippen LogP contribution >= 0.6 is 0 Å². The van der Waals surface area contributed by atoms with Crippen molar-refractivity contribution in [1.29, 1.82) is 0 Å². The SMILES string of the molecule is CCCC(C)COc1nc(C)cc(C)c1CNCC. The number of nitrogens with one attached hydrogen (secondary N) is 1. The van der Waals surface area contributed by atoms with Crippen molar-refractivity contribution in [3.05, 3.63) is 22.9 Å². The summed E-state index contributed by atoms with van der Waals surface area (Å²) in [4.78, 5) is 4.56. The van der Waals surface area contributed by atoms with Gasteiger partial charge in [-0.05, 0) is 44.4 Å². The third-order valence-electron chi connectivity index (χ3n) is 3.28. The number of nitrogens with zero attached hydrogens (tertiary/aromatic N) is 1. The van der Waals surface area contributed by atoms with Crippen LogP contribution in [0, 0.1) is 19.8 Å². The van der Waals surface area contributed by atoms with Crippen molar-refractivity contribution < 1.29 is 4.74 Å². The first-order valence-electron chi connectivity index (χ1n) is 7.39. The van der Waals surface area contributed by atoms with Crippen LogP contribution in [0.4, 0.5) is 0 Å². The molecule has 3 nitrogen and oxygen atoms in total. The average Bonchev–Trinajstić information content (AvgIpc) is 2.35. The average molecular weight is 264 g/mol. The molecule has 0 saturated heterocycles. The zero-order chi connectivity index (χ0) is 14.3. The van der Waals surface area contributed by atoms with Crippen LogP contribution in [0.1, 0.15) is 50.4 Å². The van der Waals surface area contributed by atoms with E-state index in [1.54, 1.807) is 0 Å². The van der Waals surface area contributed by atoms with Crippen LogP contribution < -0.4 is 10.1 Å². The smallest absolute Gasteiger partial charge is 0.218 e. The van der Waals surface area contributed by atoms with Crippen molar-refractivity contribution >= 4 is 0 Å². The summed E-state index contributed by atoms with van der Waals surface area (Å²) in [5.74, 6) is 1.39. The minimum Gasteiger partial charge on any atom is -0.477 e. The highest BCUT2D eigenvalue weighted by atomic mass is 16.5. The quantitative estimate of drug-likeness (QED) is 0.778. The van der Waals surface area contributed by atoms with Gasteiger partial charge in [-0.1, -0.05) is 27.2 Å². The molecule has 1 aromatic rings. The number of ether oxygens (including phenoxy) is 1. The lowest BCUT2D eigenvalue weighted by molar-refractivity contribution is 0.240. The van der Waals surface area contributed by atoms with Crippen LogP contribution in [-0.4, -0.2) is 18.1 Å². The van der Waals surface area contributed by atoms with Gasteiger partial charge in [0, 0.05) is 17.8 Å². The van der Waals surface area contributed by atoms with E-state index >= 15 is 0 Å². The largest absolute Gasteiger partial charge is 0.477 e. The Balaban J connectivity index is 2.78. The second-order valence-corrected chi connectivity index (χ2v) is 5.35. The van der Waals surface area contributed by atoms with Gasteiger partial charge in [-0.2, -0.15) is 0 Å². The molecule has 0 spiro atoms. The maximum absolute atomic E-state index is 5.96. The number of hydrogen-bond acceptors (Lipinski definition) is 3. The standard InChI is InChI=1S/C16H28N2O/c1-6-8-12(3)11-19-16-15(10-17-7-2)13(4)9-14(5)18-16/h9,12,17H,6-8,10-11H2,1-5H3. The third-order valence-corrected chi connectivity index (χ3v) is 3.28. The second-order valence-electron chi connectivity index (χ2n) is 5.35. The first-order valence-corrected chi connectivity index (χ1v) is 7.39. The van der Waals surface area contributed by atoms with E-state index in [0.29, 0.717) is 5.92 Å². The highest BCUT2D eigenvalue weighted by molar-refractivity contribution is 5.35. The van der Waals surface area contributed by atoms with Crippen LogP contribution in [0.5, 0.6) is 5.88 Å². The maximum Gasteiger partial charge on any atom is 0.218 e. The Kier molecular flexibility index (Phi) is 6.85. The van der Waals surface area contributed by atoms with E-state index in [1.807, 2.05) is 6.92 Å². The molecule has 1 unspecified atom stereocenters. The van der Waals surface area contributed by atoms with Gasteiger partial charge >= 0.3 is 0 Å². The molecule has 1 atom stereocenters. The van der Waals surface area contributed by atoms with E-state index in [1.165, 1.54) is 24.0 Å². The number of aryl methyl sites for hydroxylation is 2. The zero-order valence-electron chi connectivity index (χ0n) is 13.0. The summed E-state index contributed by atoms with van der Waals surface area (Å²) in [6.45, 7) is 13.2. The summed E-state index contributed by atoms with van der Waals surface area (Å²) < 4.78 is 5.96. The zero-order valence-corrected chi connectivity index (χ0v) is 13.0. The van der Waals surface area contributed by atoms with Crippen LogP contribution in [0.3, 0.4) is 0 Å². The molecule has 0 aliphatic carbocycles. The lowest BCUT2D eigenvalue weighted by atomic mass is 10.1. The number of pyridine rings is 1. The molecule has 0 amide bonds. The maximum atomic E-state index is 5.96. The fourth-order valence-corrected chi connectivity index (χ4v) is 2.21. The van der Waals surface area contributed by atoms with Crippen LogP contribution in [0.25, 0.3) is 0 Å². The first-order chi connectivity index (χ1) is 9.08. The normalized spacial score (nSPS) is 12.5. The van der Waals surface area contributed by atoms with E-state index in [2.05, 4.69) is 44.1 Å². The van der Waals surface area contributed by atoms with E-state index in [-0.39, 0.29) is 0 Å². The lowest BCUT2D eigenvalue weighted by Crippen LogP contribution is -2.17. The van der Waals surface area contributed by atoms with Crippen molar-refractivity contribution in [1.82, 2.24) is 10.3 Å². The van der Waals surface area contributed by atoms with Crippen molar-refractivity contribution in [3.63, 3.8) is 0 Å². The molecule has 0 saturated carbocycles. The van der Waals surface area contributed by atoms with Gasteiger partial charge in [-0.25, -0.2) is 4.98 Å². The van der Waals surface area contributed by atoms with E-state index in [0.717, 1.165) is 31.3 Å². The van der Waals surface area contributed by atoms with Crippen molar-refractivity contribution in [2.24, 2.45) is 5.92 Å². The van der Waals surface area contributed by atoms with Crippen LogP contribution in [-0.2, 0) is 6.54 Å². The predicted octanol–water partition coefficient (Wildman–Crippen LogP) is 3.62. The van der Waals surface area contributed by atoms with Gasteiger partial charge in [0.05, 0.1) is 6.61 Å². The summed E-state index contributed by atoms with van der Waals surface area (Å²) >= 11 is 0. The van der Waals surface area contributed by atoms with Gasteiger partial charge in [0.25, 0.3) is 0 Å². The topological polar surface area (TPSA) is 34.1 Å².